The van der Waals surface area contributed by atoms with Gasteiger partial charge >= 0.3 is 0 Å². The minimum Gasteiger partial charge on any atom is -0.508 e. The van der Waals surface area contributed by atoms with Gasteiger partial charge in [0.2, 0.25) is 0 Å². The maximum absolute atomic E-state index is 9.78. The molecule has 5 nitrogen and oxygen atoms in total. The van der Waals surface area contributed by atoms with E-state index in [2.05, 4.69) is 15.3 Å². The molecule has 0 bridgehead atoms. The molecule has 1 aromatic carbocycles. The number of nitrogens with one attached hydrogen (secondary N) is 2. The first kappa shape index (κ1) is 12.4. The molecule has 1 heterocycles. The van der Waals surface area contributed by atoms with Gasteiger partial charge in [0.05, 0.1) is 6.04 Å². The van der Waals surface area contributed by atoms with E-state index < -0.39 is 0 Å². The number of aromatic nitrogens is 2. The Bertz CT molecular complexity index is 511. The molecule has 2 aromatic rings. The summed E-state index contributed by atoms with van der Waals surface area (Å²) < 4.78 is 0. The third-order valence-electron chi connectivity index (χ3n) is 2.91. The lowest BCUT2D eigenvalue weighted by Crippen LogP contribution is -2.23. The van der Waals surface area contributed by atoms with Gasteiger partial charge in [-0.25, -0.2) is 4.98 Å². The number of hydrogen-bond acceptors (Lipinski definition) is 4. The van der Waals surface area contributed by atoms with Gasteiger partial charge in [0.1, 0.15) is 17.3 Å². The lowest BCUT2D eigenvalue weighted by atomic mass is 10.1. The average Bonchev–Trinajstić information content (AvgIpc) is 2.81. The number of rotatable bonds is 4. The van der Waals surface area contributed by atoms with E-state index in [1.807, 2.05) is 13.8 Å². The molecule has 0 fully saturated rings. The molecule has 2 rings (SSSR count). The summed E-state index contributed by atoms with van der Waals surface area (Å²) in [6.07, 6.45) is 3.48. The monoisotopic (exact) mass is 247 g/mol. The number of H-pyrrole nitrogens is 1. The molecule has 0 amide bonds. The Morgan fingerprint density at radius 2 is 2.00 bits per heavy atom. The van der Waals surface area contributed by atoms with Crippen molar-refractivity contribution in [2.45, 2.75) is 25.9 Å². The Labute approximate surface area is 106 Å². The first-order chi connectivity index (χ1) is 8.58. The second-order valence-electron chi connectivity index (χ2n) is 4.33. The van der Waals surface area contributed by atoms with E-state index in [-0.39, 0.29) is 23.6 Å². The van der Waals surface area contributed by atoms with E-state index >= 15 is 0 Å². The smallest absolute Gasteiger partial charge is 0.124 e. The molecule has 0 spiro atoms. The maximum Gasteiger partial charge on any atom is 0.124 e. The average molecular weight is 247 g/mol. The Morgan fingerprint density at radius 3 is 2.61 bits per heavy atom. The number of phenolic OH excluding ortho intramolecular Hbond substituents is 2. The topological polar surface area (TPSA) is 81.2 Å². The quantitative estimate of drug-likeness (QED) is 0.668. The van der Waals surface area contributed by atoms with Crippen LogP contribution in [0.1, 0.15) is 37.3 Å². The van der Waals surface area contributed by atoms with Crippen molar-refractivity contribution in [2.24, 2.45) is 0 Å². The van der Waals surface area contributed by atoms with Crippen LogP contribution in [0.4, 0.5) is 0 Å². The van der Waals surface area contributed by atoms with Gasteiger partial charge < -0.3 is 20.5 Å². The fourth-order valence-corrected chi connectivity index (χ4v) is 1.96. The second kappa shape index (κ2) is 5.10. The van der Waals surface area contributed by atoms with Crippen LogP contribution in [0.5, 0.6) is 11.5 Å². The summed E-state index contributed by atoms with van der Waals surface area (Å²) in [4.78, 5) is 7.22. The lowest BCUT2D eigenvalue weighted by molar-refractivity contribution is 0.424. The van der Waals surface area contributed by atoms with Crippen molar-refractivity contribution >= 4 is 0 Å². The van der Waals surface area contributed by atoms with Gasteiger partial charge in [0.25, 0.3) is 0 Å². The molecule has 0 radical (unpaired) electrons. The van der Waals surface area contributed by atoms with E-state index in [1.165, 1.54) is 6.07 Å². The molecular formula is C13H17N3O2. The Morgan fingerprint density at radius 1 is 1.22 bits per heavy atom. The molecule has 18 heavy (non-hydrogen) atoms. The SMILES string of the molecule is CC(NC(C)c1ccc(O)cc1O)c1ncc[nH]1. The zero-order valence-corrected chi connectivity index (χ0v) is 10.4. The summed E-state index contributed by atoms with van der Waals surface area (Å²) >= 11 is 0. The van der Waals surface area contributed by atoms with Crippen LogP contribution in [-0.4, -0.2) is 20.2 Å². The van der Waals surface area contributed by atoms with Gasteiger partial charge in [-0.1, -0.05) is 6.07 Å². The molecular weight excluding hydrogens is 230 g/mol. The molecule has 0 saturated carbocycles. The van der Waals surface area contributed by atoms with Crippen LogP contribution < -0.4 is 5.32 Å². The number of aromatic amines is 1. The number of hydrogen-bond donors (Lipinski definition) is 4. The Kier molecular flexibility index (Phi) is 3.53. The molecule has 0 aliphatic heterocycles. The van der Waals surface area contributed by atoms with Crippen LogP contribution in [0.2, 0.25) is 0 Å². The van der Waals surface area contributed by atoms with Crippen molar-refractivity contribution in [3.05, 3.63) is 42.0 Å². The van der Waals surface area contributed by atoms with Crippen LogP contribution in [0, 0.1) is 0 Å². The third kappa shape index (κ3) is 2.62. The zero-order valence-electron chi connectivity index (χ0n) is 10.4. The van der Waals surface area contributed by atoms with E-state index in [0.717, 1.165) is 11.4 Å². The molecule has 0 aliphatic carbocycles. The standard InChI is InChI=1S/C13H17N3O2/c1-8(11-4-3-10(17)7-12(11)18)16-9(2)13-14-5-6-15-13/h3-9,16-18H,1-2H3,(H,14,15). The first-order valence-corrected chi connectivity index (χ1v) is 5.85. The van der Waals surface area contributed by atoms with Gasteiger partial charge in [-0.15, -0.1) is 0 Å². The van der Waals surface area contributed by atoms with Crippen molar-refractivity contribution in [1.29, 1.82) is 0 Å². The highest BCUT2D eigenvalue weighted by atomic mass is 16.3. The van der Waals surface area contributed by atoms with Gasteiger partial charge in [-0.05, 0) is 19.9 Å². The first-order valence-electron chi connectivity index (χ1n) is 5.85. The summed E-state index contributed by atoms with van der Waals surface area (Å²) in [5, 5.41) is 22.4. The minimum absolute atomic E-state index is 0.0446. The molecule has 2 unspecified atom stereocenters. The highest BCUT2D eigenvalue weighted by Crippen LogP contribution is 2.28. The largest absolute Gasteiger partial charge is 0.508 e. The van der Waals surface area contributed by atoms with Crippen LogP contribution in [0.15, 0.2) is 30.6 Å². The van der Waals surface area contributed by atoms with Crippen molar-refractivity contribution in [3.8, 4) is 11.5 Å². The summed E-state index contributed by atoms with van der Waals surface area (Å²) in [7, 11) is 0. The molecule has 96 valence electrons. The van der Waals surface area contributed by atoms with E-state index in [9.17, 15) is 10.2 Å². The van der Waals surface area contributed by atoms with Gasteiger partial charge in [0.15, 0.2) is 0 Å². The third-order valence-corrected chi connectivity index (χ3v) is 2.91. The molecule has 0 aliphatic rings. The summed E-state index contributed by atoms with van der Waals surface area (Å²) in [5.41, 5.74) is 0.742. The van der Waals surface area contributed by atoms with Gasteiger partial charge in [-0.2, -0.15) is 0 Å². The van der Waals surface area contributed by atoms with E-state index in [1.54, 1.807) is 24.5 Å². The van der Waals surface area contributed by atoms with Crippen LogP contribution >= 0.6 is 0 Å². The second-order valence-corrected chi connectivity index (χ2v) is 4.33. The Balaban J connectivity index is 2.10. The van der Waals surface area contributed by atoms with Gasteiger partial charge in [0, 0.05) is 30.1 Å². The predicted molar refractivity (Wildman–Crippen MR) is 68.3 cm³/mol. The summed E-state index contributed by atoms with van der Waals surface area (Å²) in [6, 6.07) is 4.60. The number of aromatic hydroxyl groups is 2. The minimum atomic E-state index is -0.0503. The van der Waals surface area contributed by atoms with Crippen molar-refractivity contribution in [3.63, 3.8) is 0 Å². The Hall–Kier alpha value is -2.01. The molecule has 1 aromatic heterocycles. The molecule has 4 N–H and O–H groups in total. The van der Waals surface area contributed by atoms with Crippen molar-refractivity contribution < 1.29 is 10.2 Å². The summed E-state index contributed by atoms with van der Waals surface area (Å²) in [5.74, 6) is 0.990. The fourth-order valence-electron chi connectivity index (χ4n) is 1.96. The number of imidazole rings is 1. The predicted octanol–water partition coefficient (Wildman–Crippen LogP) is 2.23. The zero-order chi connectivity index (χ0) is 13.1. The summed E-state index contributed by atoms with van der Waals surface area (Å²) in [6.45, 7) is 3.94. The normalized spacial score (nSPS) is 14.3. The van der Waals surface area contributed by atoms with Crippen LogP contribution in [0.3, 0.4) is 0 Å². The van der Waals surface area contributed by atoms with E-state index in [4.69, 9.17) is 0 Å². The van der Waals surface area contributed by atoms with Crippen molar-refractivity contribution in [1.82, 2.24) is 15.3 Å². The van der Waals surface area contributed by atoms with Crippen LogP contribution in [-0.2, 0) is 0 Å². The van der Waals surface area contributed by atoms with Crippen molar-refractivity contribution in [2.75, 3.05) is 0 Å². The van der Waals surface area contributed by atoms with Crippen LogP contribution in [0.25, 0.3) is 0 Å². The molecule has 2 atom stereocenters. The van der Waals surface area contributed by atoms with E-state index in [0.29, 0.717) is 0 Å². The highest BCUT2D eigenvalue weighted by molar-refractivity contribution is 5.40. The maximum atomic E-state index is 9.78. The molecule has 5 heteroatoms. The lowest BCUT2D eigenvalue weighted by Gasteiger charge is -2.19. The van der Waals surface area contributed by atoms with Gasteiger partial charge in [-0.3, -0.25) is 0 Å². The highest BCUT2D eigenvalue weighted by Gasteiger charge is 2.15. The number of phenols is 2. The number of nitrogens with zero attached hydrogens (tertiary/aromatic N) is 1. The number of benzene rings is 1. The molecule has 0 saturated heterocycles. The fraction of sp³-hybridized carbons (Fsp3) is 0.308.